The standard InChI is InChI=1S/C18H22N4O3/c1-25-13-17(23)20-15-11-19-22(12-15)16-7-5-6-14(10-16)18(24)21-8-3-2-4-9-21/h5-7,10-12H,2-4,8-9,13H2,1H3,(H,20,23). The first-order valence-electron chi connectivity index (χ1n) is 8.40. The minimum absolute atomic E-state index is 0.00893. The second-order valence-corrected chi connectivity index (χ2v) is 6.06. The maximum atomic E-state index is 12.6. The molecule has 0 atom stereocenters. The van der Waals surface area contributed by atoms with Crippen LogP contribution in [0.5, 0.6) is 0 Å². The van der Waals surface area contributed by atoms with Gasteiger partial charge in [-0.3, -0.25) is 9.59 Å². The molecule has 2 heterocycles. The molecule has 0 bridgehead atoms. The zero-order chi connectivity index (χ0) is 17.6. The van der Waals surface area contributed by atoms with Gasteiger partial charge in [0, 0.05) is 25.8 Å². The molecule has 1 N–H and O–H groups in total. The van der Waals surface area contributed by atoms with E-state index in [9.17, 15) is 9.59 Å². The summed E-state index contributed by atoms with van der Waals surface area (Å²) in [6.07, 6.45) is 6.59. The van der Waals surface area contributed by atoms with Gasteiger partial charge in [0.1, 0.15) is 6.61 Å². The van der Waals surface area contributed by atoms with Crippen molar-refractivity contribution < 1.29 is 14.3 Å². The van der Waals surface area contributed by atoms with Crippen LogP contribution >= 0.6 is 0 Å². The summed E-state index contributed by atoms with van der Waals surface area (Å²) >= 11 is 0. The van der Waals surface area contributed by atoms with Crippen LogP contribution in [0.25, 0.3) is 5.69 Å². The average molecular weight is 342 g/mol. The molecular formula is C18H22N4O3. The monoisotopic (exact) mass is 342 g/mol. The maximum absolute atomic E-state index is 12.6. The van der Waals surface area contributed by atoms with Gasteiger partial charge in [0.25, 0.3) is 5.91 Å². The molecule has 1 aromatic heterocycles. The summed E-state index contributed by atoms with van der Waals surface area (Å²) in [6.45, 7) is 1.63. The number of anilines is 1. The summed E-state index contributed by atoms with van der Waals surface area (Å²) in [7, 11) is 1.47. The van der Waals surface area contributed by atoms with Crippen LogP contribution in [0.2, 0.25) is 0 Å². The van der Waals surface area contributed by atoms with E-state index in [2.05, 4.69) is 10.4 Å². The fraction of sp³-hybridized carbons (Fsp3) is 0.389. The molecule has 0 spiro atoms. The van der Waals surface area contributed by atoms with Crippen LogP contribution in [0.1, 0.15) is 29.6 Å². The molecule has 0 saturated carbocycles. The van der Waals surface area contributed by atoms with Crippen LogP contribution < -0.4 is 5.32 Å². The van der Waals surface area contributed by atoms with E-state index in [1.165, 1.54) is 13.5 Å². The summed E-state index contributed by atoms with van der Waals surface area (Å²) in [4.78, 5) is 26.1. The van der Waals surface area contributed by atoms with Gasteiger partial charge in [0.2, 0.25) is 5.91 Å². The molecule has 2 aromatic rings. The third kappa shape index (κ3) is 4.24. The van der Waals surface area contributed by atoms with Crippen LogP contribution in [0.3, 0.4) is 0 Å². The quantitative estimate of drug-likeness (QED) is 0.903. The molecule has 25 heavy (non-hydrogen) atoms. The molecule has 7 nitrogen and oxygen atoms in total. The van der Waals surface area contributed by atoms with E-state index in [1.54, 1.807) is 17.1 Å². The molecule has 0 radical (unpaired) electrons. The molecule has 1 saturated heterocycles. The molecule has 0 aliphatic carbocycles. The highest BCUT2D eigenvalue weighted by atomic mass is 16.5. The SMILES string of the molecule is COCC(=O)Nc1cnn(-c2cccc(C(=O)N3CCCCC3)c2)c1. The second kappa shape index (κ2) is 7.94. The van der Waals surface area contributed by atoms with E-state index in [4.69, 9.17) is 4.74 Å². The number of nitrogens with zero attached hydrogens (tertiary/aromatic N) is 3. The van der Waals surface area contributed by atoms with Gasteiger partial charge in [-0.2, -0.15) is 5.10 Å². The third-order valence-electron chi connectivity index (χ3n) is 4.14. The number of hydrogen-bond acceptors (Lipinski definition) is 4. The van der Waals surface area contributed by atoms with Crippen LogP contribution in [-0.4, -0.2) is 53.3 Å². The molecule has 1 aromatic carbocycles. The molecule has 7 heteroatoms. The number of piperidine rings is 1. The van der Waals surface area contributed by atoms with Gasteiger partial charge >= 0.3 is 0 Å². The first-order chi connectivity index (χ1) is 12.2. The summed E-state index contributed by atoms with van der Waals surface area (Å²) < 4.78 is 6.42. The van der Waals surface area contributed by atoms with Gasteiger partial charge in [0.05, 0.1) is 23.8 Å². The van der Waals surface area contributed by atoms with Crippen molar-refractivity contribution in [2.45, 2.75) is 19.3 Å². The molecule has 3 rings (SSSR count). The Kier molecular flexibility index (Phi) is 5.45. The molecule has 1 fully saturated rings. The lowest BCUT2D eigenvalue weighted by molar-refractivity contribution is -0.119. The fourth-order valence-corrected chi connectivity index (χ4v) is 2.92. The summed E-state index contributed by atoms with van der Waals surface area (Å²) in [5, 5.41) is 6.95. The number of methoxy groups -OCH3 is 1. The van der Waals surface area contributed by atoms with E-state index < -0.39 is 0 Å². The number of aromatic nitrogens is 2. The topological polar surface area (TPSA) is 76.5 Å². The first kappa shape index (κ1) is 17.2. The predicted molar refractivity (Wildman–Crippen MR) is 93.8 cm³/mol. The lowest BCUT2D eigenvalue weighted by Crippen LogP contribution is -2.35. The number of likely N-dealkylation sites (tertiary alicyclic amines) is 1. The van der Waals surface area contributed by atoms with E-state index in [-0.39, 0.29) is 18.4 Å². The van der Waals surface area contributed by atoms with E-state index in [0.29, 0.717) is 11.3 Å². The number of carbonyl (C=O) groups is 2. The van der Waals surface area contributed by atoms with E-state index in [1.807, 2.05) is 29.2 Å². The van der Waals surface area contributed by atoms with Gasteiger partial charge in [-0.05, 0) is 37.5 Å². The van der Waals surface area contributed by atoms with Crippen LogP contribution in [-0.2, 0) is 9.53 Å². The Morgan fingerprint density at radius 2 is 2.04 bits per heavy atom. The fourth-order valence-electron chi connectivity index (χ4n) is 2.92. The van der Waals surface area contributed by atoms with Gasteiger partial charge in [0.15, 0.2) is 0 Å². The number of ether oxygens (including phenoxy) is 1. The Hall–Kier alpha value is -2.67. The largest absolute Gasteiger partial charge is 0.375 e. The number of carbonyl (C=O) groups excluding carboxylic acids is 2. The van der Waals surface area contributed by atoms with Crippen molar-refractivity contribution in [2.24, 2.45) is 0 Å². The van der Waals surface area contributed by atoms with Gasteiger partial charge < -0.3 is 15.0 Å². The van der Waals surface area contributed by atoms with E-state index >= 15 is 0 Å². The minimum Gasteiger partial charge on any atom is -0.375 e. The predicted octanol–water partition coefficient (Wildman–Crippen LogP) is 2.08. The molecule has 132 valence electrons. The Morgan fingerprint density at radius 3 is 2.80 bits per heavy atom. The zero-order valence-electron chi connectivity index (χ0n) is 14.3. The minimum atomic E-state index is -0.240. The van der Waals surface area contributed by atoms with Crippen molar-refractivity contribution >= 4 is 17.5 Å². The number of hydrogen-bond donors (Lipinski definition) is 1. The smallest absolute Gasteiger partial charge is 0.253 e. The number of nitrogens with one attached hydrogen (secondary N) is 1. The van der Waals surface area contributed by atoms with Crippen molar-refractivity contribution in [1.29, 1.82) is 0 Å². The maximum Gasteiger partial charge on any atom is 0.253 e. The van der Waals surface area contributed by atoms with Crippen molar-refractivity contribution in [1.82, 2.24) is 14.7 Å². The van der Waals surface area contributed by atoms with Gasteiger partial charge in [-0.15, -0.1) is 0 Å². The number of benzene rings is 1. The third-order valence-corrected chi connectivity index (χ3v) is 4.14. The van der Waals surface area contributed by atoms with Crippen LogP contribution in [0.4, 0.5) is 5.69 Å². The average Bonchev–Trinajstić information content (AvgIpc) is 3.10. The molecule has 0 unspecified atom stereocenters. The molecule has 2 amide bonds. The van der Waals surface area contributed by atoms with E-state index in [0.717, 1.165) is 31.6 Å². The Morgan fingerprint density at radius 1 is 1.24 bits per heavy atom. The summed E-state index contributed by atoms with van der Waals surface area (Å²) in [5.41, 5.74) is 2.00. The normalized spacial score (nSPS) is 14.4. The van der Waals surface area contributed by atoms with Crippen molar-refractivity contribution in [3.63, 3.8) is 0 Å². The molecular weight excluding hydrogens is 320 g/mol. The Balaban J connectivity index is 1.74. The van der Waals surface area contributed by atoms with Gasteiger partial charge in [-0.1, -0.05) is 6.07 Å². The zero-order valence-corrected chi connectivity index (χ0v) is 14.3. The highest BCUT2D eigenvalue weighted by molar-refractivity contribution is 5.95. The first-order valence-corrected chi connectivity index (χ1v) is 8.40. The highest BCUT2D eigenvalue weighted by Gasteiger charge is 2.18. The van der Waals surface area contributed by atoms with Crippen molar-refractivity contribution in [3.8, 4) is 5.69 Å². The highest BCUT2D eigenvalue weighted by Crippen LogP contribution is 2.17. The second-order valence-electron chi connectivity index (χ2n) is 6.06. The Bertz CT molecular complexity index is 750. The summed E-state index contributed by atoms with van der Waals surface area (Å²) in [5.74, 6) is -0.182. The van der Waals surface area contributed by atoms with Crippen LogP contribution in [0.15, 0.2) is 36.7 Å². The van der Waals surface area contributed by atoms with Crippen molar-refractivity contribution in [3.05, 3.63) is 42.2 Å². The summed E-state index contributed by atoms with van der Waals surface area (Å²) in [6, 6.07) is 7.37. The van der Waals surface area contributed by atoms with Crippen LogP contribution in [0, 0.1) is 0 Å². The molecule has 1 aliphatic rings. The number of rotatable bonds is 5. The van der Waals surface area contributed by atoms with Crippen molar-refractivity contribution in [2.75, 3.05) is 32.1 Å². The number of amides is 2. The Labute approximate surface area is 146 Å². The molecule has 1 aliphatic heterocycles. The van der Waals surface area contributed by atoms with Gasteiger partial charge in [-0.25, -0.2) is 4.68 Å². The lowest BCUT2D eigenvalue weighted by Gasteiger charge is -2.26. The lowest BCUT2D eigenvalue weighted by atomic mass is 10.1.